The Morgan fingerprint density at radius 3 is 2.11 bits per heavy atom. The van der Waals surface area contributed by atoms with Crippen LogP contribution >= 0.6 is 0 Å². The van der Waals surface area contributed by atoms with Crippen molar-refractivity contribution in [2.24, 2.45) is 0 Å². The van der Waals surface area contributed by atoms with Gasteiger partial charge in [0, 0.05) is 0 Å². The Kier molecular flexibility index (Phi) is 4.04. The Morgan fingerprint density at radius 1 is 1.11 bits per heavy atom. The molecule has 0 saturated heterocycles. The summed E-state index contributed by atoms with van der Waals surface area (Å²) in [6.07, 6.45) is 0. The van der Waals surface area contributed by atoms with Crippen LogP contribution in [0, 0.1) is 0 Å². The minimum absolute atomic E-state index is 0.306. The number of esters is 2. The molecule has 0 spiro atoms. The smallest absolute Gasteiger partial charge is 0.340 e. The van der Waals surface area contributed by atoms with Gasteiger partial charge < -0.3 is 9.47 Å². The molecule has 0 aliphatic rings. The summed E-state index contributed by atoms with van der Waals surface area (Å²) in [6.45, 7) is 0. The van der Waals surface area contributed by atoms with E-state index in [1.807, 2.05) is 0 Å². The molecule has 0 heterocycles. The molecular formula is C10H10O7S. The lowest BCUT2D eigenvalue weighted by molar-refractivity contribution is 0.0551. The molecule has 98 valence electrons. The van der Waals surface area contributed by atoms with E-state index < -0.39 is 32.5 Å². The van der Waals surface area contributed by atoms with Crippen molar-refractivity contribution in [3.05, 3.63) is 29.3 Å². The van der Waals surface area contributed by atoms with Crippen molar-refractivity contribution >= 4 is 22.1 Å². The van der Waals surface area contributed by atoms with Crippen molar-refractivity contribution in [2.45, 2.75) is 4.90 Å². The van der Waals surface area contributed by atoms with Crippen molar-refractivity contribution in [1.29, 1.82) is 0 Å². The molecule has 8 heteroatoms. The molecule has 0 aliphatic carbocycles. The van der Waals surface area contributed by atoms with Gasteiger partial charge in [-0.3, -0.25) is 4.55 Å². The van der Waals surface area contributed by atoms with Gasteiger partial charge in [-0.15, -0.1) is 0 Å². The molecule has 0 saturated carbocycles. The van der Waals surface area contributed by atoms with Crippen molar-refractivity contribution in [2.75, 3.05) is 14.2 Å². The van der Waals surface area contributed by atoms with Gasteiger partial charge in [0.1, 0.15) is 4.90 Å². The third-order valence-electron chi connectivity index (χ3n) is 2.10. The summed E-state index contributed by atoms with van der Waals surface area (Å²) >= 11 is 0. The number of methoxy groups -OCH3 is 2. The maximum atomic E-state index is 11.5. The second-order valence-corrected chi connectivity index (χ2v) is 4.53. The molecule has 1 rings (SSSR count). The number of carbonyl (C=O) groups is 2. The first-order valence-corrected chi connectivity index (χ1v) is 6.04. The van der Waals surface area contributed by atoms with Crippen LogP contribution in [0.4, 0.5) is 0 Å². The summed E-state index contributed by atoms with van der Waals surface area (Å²) in [7, 11) is -2.57. The Morgan fingerprint density at radius 2 is 1.67 bits per heavy atom. The quantitative estimate of drug-likeness (QED) is 0.631. The second-order valence-electron chi connectivity index (χ2n) is 3.14. The van der Waals surface area contributed by atoms with Crippen LogP contribution in [0.2, 0.25) is 0 Å². The number of carbonyl (C=O) groups excluding carboxylic acids is 2. The maximum Gasteiger partial charge on any atom is 0.340 e. The molecule has 1 aromatic rings. The van der Waals surface area contributed by atoms with E-state index in [1.165, 1.54) is 12.1 Å². The highest BCUT2D eigenvalue weighted by atomic mass is 32.2. The molecule has 1 aromatic carbocycles. The predicted octanol–water partition coefficient (Wildman–Crippen LogP) is 0.506. The van der Waals surface area contributed by atoms with Crippen molar-refractivity contribution < 1.29 is 32.0 Å². The van der Waals surface area contributed by atoms with Gasteiger partial charge in [-0.05, 0) is 12.1 Å². The van der Waals surface area contributed by atoms with E-state index in [9.17, 15) is 18.0 Å². The molecule has 0 fully saturated rings. The Hall–Kier alpha value is -1.93. The molecule has 0 atom stereocenters. The van der Waals surface area contributed by atoms with Gasteiger partial charge >= 0.3 is 11.9 Å². The van der Waals surface area contributed by atoms with Crippen molar-refractivity contribution in [3.63, 3.8) is 0 Å². The summed E-state index contributed by atoms with van der Waals surface area (Å²) in [5.74, 6) is -1.98. The molecule has 0 amide bonds. The van der Waals surface area contributed by atoms with Gasteiger partial charge in [0.2, 0.25) is 0 Å². The highest BCUT2D eigenvalue weighted by molar-refractivity contribution is 7.86. The van der Waals surface area contributed by atoms with Crippen LogP contribution in [0.3, 0.4) is 0 Å². The van der Waals surface area contributed by atoms with Gasteiger partial charge in [0.05, 0.1) is 25.3 Å². The SMILES string of the molecule is COC(=O)c1cccc(S(=O)(=O)O)c1C(=O)OC. The molecule has 18 heavy (non-hydrogen) atoms. The summed E-state index contributed by atoms with van der Waals surface area (Å²) in [5.41, 5.74) is -0.867. The first-order chi connectivity index (χ1) is 8.32. The van der Waals surface area contributed by atoms with Crippen LogP contribution in [-0.2, 0) is 19.6 Å². The van der Waals surface area contributed by atoms with Gasteiger partial charge in [0.15, 0.2) is 0 Å². The fraction of sp³-hybridized carbons (Fsp3) is 0.200. The molecule has 1 N–H and O–H groups in total. The Labute approximate surface area is 103 Å². The zero-order chi connectivity index (χ0) is 13.9. The van der Waals surface area contributed by atoms with E-state index >= 15 is 0 Å². The lowest BCUT2D eigenvalue weighted by atomic mass is 10.1. The largest absolute Gasteiger partial charge is 0.465 e. The van der Waals surface area contributed by atoms with Gasteiger partial charge in [-0.25, -0.2) is 9.59 Å². The molecule has 0 unspecified atom stereocenters. The minimum Gasteiger partial charge on any atom is -0.465 e. The number of hydrogen-bond donors (Lipinski definition) is 1. The predicted molar refractivity (Wildman–Crippen MR) is 58.9 cm³/mol. The van der Waals surface area contributed by atoms with Crippen LogP contribution in [0.25, 0.3) is 0 Å². The fourth-order valence-corrected chi connectivity index (χ4v) is 2.04. The standard InChI is InChI=1S/C10H10O7S/c1-16-9(11)6-4-3-5-7(18(13,14)15)8(6)10(12)17-2/h3-5H,1-2H3,(H,13,14,15). The number of ether oxygens (including phenoxy) is 2. The molecular weight excluding hydrogens is 264 g/mol. The van der Waals surface area contributed by atoms with E-state index in [-0.39, 0.29) is 5.56 Å². The summed E-state index contributed by atoms with van der Waals surface area (Å²) in [4.78, 5) is 22.2. The van der Waals surface area contributed by atoms with E-state index in [0.717, 1.165) is 20.3 Å². The van der Waals surface area contributed by atoms with Gasteiger partial charge in [-0.1, -0.05) is 6.07 Å². The average molecular weight is 274 g/mol. The normalized spacial score (nSPS) is 10.8. The fourth-order valence-electron chi connectivity index (χ4n) is 1.34. The second kappa shape index (κ2) is 5.15. The Bertz CT molecular complexity index is 588. The third-order valence-corrected chi connectivity index (χ3v) is 2.99. The first kappa shape index (κ1) is 14.1. The maximum absolute atomic E-state index is 11.5. The van der Waals surface area contributed by atoms with Crippen LogP contribution in [0.1, 0.15) is 20.7 Å². The highest BCUT2D eigenvalue weighted by Gasteiger charge is 2.27. The molecule has 0 bridgehead atoms. The summed E-state index contributed by atoms with van der Waals surface area (Å²) in [6, 6.07) is 3.36. The topological polar surface area (TPSA) is 107 Å². The molecule has 0 radical (unpaired) electrons. The van der Waals surface area contributed by atoms with Crippen LogP contribution in [-0.4, -0.2) is 39.1 Å². The van der Waals surface area contributed by atoms with E-state index in [2.05, 4.69) is 9.47 Å². The van der Waals surface area contributed by atoms with Crippen LogP contribution < -0.4 is 0 Å². The Balaban J connectivity index is 3.66. The molecule has 0 aromatic heterocycles. The van der Waals surface area contributed by atoms with Crippen molar-refractivity contribution in [3.8, 4) is 0 Å². The number of hydrogen-bond acceptors (Lipinski definition) is 6. The minimum atomic E-state index is -4.66. The lowest BCUT2D eigenvalue weighted by Gasteiger charge is -2.09. The molecule has 7 nitrogen and oxygen atoms in total. The van der Waals surface area contributed by atoms with Gasteiger partial charge in [0.25, 0.3) is 10.1 Å². The van der Waals surface area contributed by atoms with E-state index in [4.69, 9.17) is 4.55 Å². The monoisotopic (exact) mass is 274 g/mol. The number of rotatable bonds is 3. The van der Waals surface area contributed by atoms with E-state index in [0.29, 0.717) is 0 Å². The highest BCUT2D eigenvalue weighted by Crippen LogP contribution is 2.21. The van der Waals surface area contributed by atoms with Crippen LogP contribution in [0.5, 0.6) is 0 Å². The van der Waals surface area contributed by atoms with Gasteiger partial charge in [-0.2, -0.15) is 8.42 Å². The average Bonchev–Trinajstić information content (AvgIpc) is 2.34. The lowest BCUT2D eigenvalue weighted by Crippen LogP contribution is -2.16. The first-order valence-electron chi connectivity index (χ1n) is 4.60. The molecule has 0 aliphatic heterocycles. The van der Waals surface area contributed by atoms with Crippen molar-refractivity contribution in [1.82, 2.24) is 0 Å². The summed E-state index contributed by atoms with van der Waals surface area (Å²) < 4.78 is 40.1. The van der Waals surface area contributed by atoms with E-state index in [1.54, 1.807) is 0 Å². The number of benzene rings is 1. The van der Waals surface area contributed by atoms with Crippen LogP contribution in [0.15, 0.2) is 23.1 Å². The zero-order valence-corrected chi connectivity index (χ0v) is 10.4. The zero-order valence-electron chi connectivity index (χ0n) is 9.54. The third kappa shape index (κ3) is 2.66. The summed E-state index contributed by atoms with van der Waals surface area (Å²) in [5, 5.41) is 0.